The lowest BCUT2D eigenvalue weighted by Crippen LogP contribution is -2.29. The molecule has 28 heavy (non-hydrogen) atoms. The number of carbonyl (C=O) groups excluding carboxylic acids is 1. The molecule has 0 aromatic heterocycles. The topological polar surface area (TPSA) is 45.1 Å². The van der Waals surface area contributed by atoms with Gasteiger partial charge < -0.3 is 9.64 Å². The minimum absolute atomic E-state index is 0.00233. The van der Waals surface area contributed by atoms with Crippen molar-refractivity contribution in [2.24, 2.45) is 4.99 Å². The summed E-state index contributed by atoms with van der Waals surface area (Å²) in [6, 6.07) is 13.7. The zero-order valence-corrected chi connectivity index (χ0v) is 18.8. The molecule has 0 spiro atoms. The first-order chi connectivity index (χ1) is 13.5. The standard InChI is InChI=1S/C20H18BrN3O2S2/c1-4-24-18(25)17(28-20(24)22-13-7-5-12(21)6-8-13)19-23(2)15-11-14(26-3)9-10-16(15)27-19/h5-11H,4H2,1-3H3. The predicted octanol–water partition coefficient (Wildman–Crippen LogP) is 5.45. The van der Waals surface area contributed by atoms with Gasteiger partial charge in [-0.1, -0.05) is 27.7 Å². The number of rotatable bonds is 3. The SMILES string of the molecule is CCN1C(=O)C(=C2Sc3ccc(OC)cc3N2C)SC1=Nc1ccc(Br)cc1. The average Bonchev–Trinajstić information content (AvgIpc) is 3.19. The third kappa shape index (κ3) is 3.44. The van der Waals surface area contributed by atoms with Crippen molar-refractivity contribution in [3.8, 4) is 5.75 Å². The van der Waals surface area contributed by atoms with Crippen LogP contribution in [0.5, 0.6) is 5.75 Å². The summed E-state index contributed by atoms with van der Waals surface area (Å²) in [6.07, 6.45) is 0. The van der Waals surface area contributed by atoms with Gasteiger partial charge in [-0.3, -0.25) is 9.69 Å². The Balaban J connectivity index is 1.71. The average molecular weight is 476 g/mol. The molecule has 4 rings (SSSR count). The van der Waals surface area contributed by atoms with Gasteiger partial charge in [0.15, 0.2) is 5.17 Å². The molecule has 2 heterocycles. The van der Waals surface area contributed by atoms with E-state index in [9.17, 15) is 4.79 Å². The number of likely N-dealkylation sites (N-methyl/N-ethyl adjacent to an activating group) is 1. The Labute approximate surface area is 181 Å². The molecule has 0 aliphatic carbocycles. The number of nitrogens with zero attached hydrogens (tertiary/aromatic N) is 3. The number of anilines is 1. The van der Waals surface area contributed by atoms with Crippen LogP contribution in [0.3, 0.4) is 0 Å². The fraction of sp³-hybridized carbons (Fsp3) is 0.200. The molecule has 5 nitrogen and oxygen atoms in total. The van der Waals surface area contributed by atoms with Crippen molar-refractivity contribution in [3.05, 3.63) is 56.9 Å². The Hall–Kier alpha value is -1.90. The first kappa shape index (κ1) is 19.4. The van der Waals surface area contributed by atoms with Gasteiger partial charge in [-0.2, -0.15) is 0 Å². The van der Waals surface area contributed by atoms with Gasteiger partial charge in [0.2, 0.25) is 0 Å². The summed E-state index contributed by atoms with van der Waals surface area (Å²) in [4.78, 5) is 23.4. The van der Waals surface area contributed by atoms with E-state index in [-0.39, 0.29) is 5.91 Å². The highest BCUT2D eigenvalue weighted by Crippen LogP contribution is 2.51. The molecule has 0 bridgehead atoms. The highest BCUT2D eigenvalue weighted by molar-refractivity contribution is 9.10. The van der Waals surface area contributed by atoms with Crippen molar-refractivity contribution in [2.45, 2.75) is 11.8 Å². The summed E-state index contributed by atoms with van der Waals surface area (Å²) in [5.41, 5.74) is 1.87. The van der Waals surface area contributed by atoms with Crippen molar-refractivity contribution in [1.82, 2.24) is 4.90 Å². The van der Waals surface area contributed by atoms with E-state index in [0.29, 0.717) is 16.6 Å². The van der Waals surface area contributed by atoms with Crippen molar-refractivity contribution in [1.29, 1.82) is 0 Å². The third-order valence-electron chi connectivity index (χ3n) is 4.46. The smallest absolute Gasteiger partial charge is 0.269 e. The van der Waals surface area contributed by atoms with Crippen LogP contribution in [0, 0.1) is 0 Å². The quantitative estimate of drug-likeness (QED) is 0.552. The summed E-state index contributed by atoms with van der Waals surface area (Å²) in [7, 11) is 3.64. The molecule has 144 valence electrons. The molecule has 0 radical (unpaired) electrons. The molecule has 0 unspecified atom stereocenters. The van der Waals surface area contributed by atoms with Gasteiger partial charge in [0.1, 0.15) is 10.7 Å². The number of ether oxygens (including phenoxy) is 1. The Kier molecular flexibility index (Phi) is 5.44. The maximum Gasteiger partial charge on any atom is 0.269 e. The molecule has 8 heteroatoms. The number of methoxy groups -OCH3 is 1. The summed E-state index contributed by atoms with van der Waals surface area (Å²) in [6.45, 7) is 2.54. The van der Waals surface area contributed by atoms with Gasteiger partial charge in [-0.25, -0.2) is 4.99 Å². The predicted molar refractivity (Wildman–Crippen MR) is 120 cm³/mol. The molecule has 2 aromatic rings. The number of fused-ring (bicyclic) bond motifs is 1. The number of aliphatic imine (C=N–C) groups is 1. The molecule has 1 amide bonds. The number of halogens is 1. The van der Waals surface area contributed by atoms with Crippen molar-refractivity contribution in [2.75, 3.05) is 25.6 Å². The first-order valence-electron chi connectivity index (χ1n) is 8.69. The highest BCUT2D eigenvalue weighted by atomic mass is 79.9. The number of thioether (sulfide) groups is 2. The molecule has 0 atom stereocenters. The molecule has 0 saturated carbocycles. The van der Waals surface area contributed by atoms with Crippen molar-refractivity contribution >= 4 is 61.9 Å². The van der Waals surface area contributed by atoms with Crippen LogP contribution in [0.2, 0.25) is 0 Å². The molecular formula is C20H18BrN3O2S2. The Morgan fingerprint density at radius 2 is 1.89 bits per heavy atom. The number of amides is 1. The van der Waals surface area contributed by atoms with E-state index >= 15 is 0 Å². The second kappa shape index (κ2) is 7.85. The van der Waals surface area contributed by atoms with Crippen LogP contribution < -0.4 is 9.64 Å². The molecular weight excluding hydrogens is 458 g/mol. The van der Waals surface area contributed by atoms with E-state index in [1.807, 2.05) is 56.4 Å². The van der Waals surface area contributed by atoms with Crippen LogP contribution in [-0.2, 0) is 4.79 Å². The van der Waals surface area contributed by atoms with Gasteiger partial charge in [-0.05, 0) is 55.1 Å². The second-order valence-electron chi connectivity index (χ2n) is 6.15. The minimum Gasteiger partial charge on any atom is -0.497 e. The van der Waals surface area contributed by atoms with E-state index in [1.165, 1.54) is 11.8 Å². The molecule has 1 saturated heterocycles. The first-order valence-corrected chi connectivity index (χ1v) is 11.1. The maximum atomic E-state index is 13.1. The summed E-state index contributed by atoms with van der Waals surface area (Å²) in [5.74, 6) is 0.799. The van der Waals surface area contributed by atoms with Gasteiger partial charge in [0.05, 0.1) is 23.5 Å². The largest absolute Gasteiger partial charge is 0.497 e. The van der Waals surface area contributed by atoms with Gasteiger partial charge in [0.25, 0.3) is 5.91 Å². The van der Waals surface area contributed by atoms with Crippen LogP contribution in [0.1, 0.15) is 6.92 Å². The van der Waals surface area contributed by atoms with E-state index < -0.39 is 0 Å². The van der Waals surface area contributed by atoms with E-state index in [1.54, 1.807) is 23.8 Å². The lowest BCUT2D eigenvalue weighted by atomic mass is 10.3. The lowest BCUT2D eigenvalue weighted by molar-refractivity contribution is -0.122. The normalized spacial score (nSPS) is 20.3. The number of hydrogen-bond donors (Lipinski definition) is 0. The summed E-state index contributed by atoms with van der Waals surface area (Å²) >= 11 is 6.48. The van der Waals surface area contributed by atoms with Crippen molar-refractivity contribution in [3.63, 3.8) is 0 Å². The molecule has 0 N–H and O–H groups in total. The van der Waals surface area contributed by atoms with Gasteiger partial charge in [0, 0.05) is 29.0 Å². The fourth-order valence-electron chi connectivity index (χ4n) is 2.98. The number of benzene rings is 2. The lowest BCUT2D eigenvalue weighted by Gasteiger charge is -2.15. The van der Waals surface area contributed by atoms with Crippen LogP contribution >= 0.6 is 39.5 Å². The fourth-order valence-corrected chi connectivity index (χ4v) is 5.63. The Morgan fingerprint density at radius 1 is 1.14 bits per heavy atom. The number of carbonyl (C=O) groups is 1. The maximum absolute atomic E-state index is 13.1. The van der Waals surface area contributed by atoms with Crippen LogP contribution in [0.25, 0.3) is 0 Å². The van der Waals surface area contributed by atoms with Crippen molar-refractivity contribution < 1.29 is 9.53 Å². The summed E-state index contributed by atoms with van der Waals surface area (Å²) < 4.78 is 6.34. The zero-order valence-electron chi connectivity index (χ0n) is 15.6. The van der Waals surface area contributed by atoms with Gasteiger partial charge >= 0.3 is 0 Å². The molecule has 2 aliphatic rings. The molecule has 1 fully saturated rings. The van der Waals surface area contributed by atoms with Crippen LogP contribution in [0.4, 0.5) is 11.4 Å². The molecule has 2 aromatic carbocycles. The molecule has 2 aliphatic heterocycles. The third-order valence-corrected chi connectivity index (χ3v) is 7.42. The monoisotopic (exact) mass is 475 g/mol. The number of amidine groups is 1. The van der Waals surface area contributed by atoms with Crippen LogP contribution in [-0.4, -0.2) is 36.7 Å². The Morgan fingerprint density at radius 3 is 2.57 bits per heavy atom. The Bertz CT molecular complexity index is 1010. The van der Waals surface area contributed by atoms with E-state index in [0.717, 1.165) is 31.5 Å². The van der Waals surface area contributed by atoms with E-state index in [2.05, 4.69) is 20.8 Å². The number of hydrogen-bond acceptors (Lipinski definition) is 6. The van der Waals surface area contributed by atoms with Crippen LogP contribution in [0.15, 0.2) is 66.8 Å². The zero-order chi connectivity index (χ0) is 19.8. The second-order valence-corrected chi connectivity index (χ2v) is 9.08. The van der Waals surface area contributed by atoms with E-state index in [4.69, 9.17) is 9.73 Å². The van der Waals surface area contributed by atoms with Gasteiger partial charge in [-0.15, -0.1) is 0 Å². The summed E-state index contributed by atoms with van der Waals surface area (Å²) in [5, 5.41) is 1.64. The highest BCUT2D eigenvalue weighted by Gasteiger charge is 2.38. The minimum atomic E-state index is -0.00233.